The topological polar surface area (TPSA) is 79.9 Å². The zero-order valence-corrected chi connectivity index (χ0v) is 8.73. The van der Waals surface area contributed by atoms with Gasteiger partial charge in [0.05, 0.1) is 18.1 Å². The molecule has 1 aliphatic heterocycles. The molecule has 1 heterocycles. The van der Waals surface area contributed by atoms with Crippen LogP contribution in [0.4, 0.5) is 0 Å². The number of hydrogen-bond acceptors (Lipinski definition) is 4. The number of nitrogens with one attached hydrogen (secondary N) is 1. The maximum atomic E-state index is 11.9. The maximum absolute atomic E-state index is 11.9. The van der Waals surface area contributed by atoms with E-state index in [1.165, 1.54) is 4.90 Å². The summed E-state index contributed by atoms with van der Waals surface area (Å²) in [5.41, 5.74) is 0. The molecule has 0 radical (unpaired) electrons. The minimum Gasteiger partial charge on any atom is -0.316 e. The van der Waals surface area contributed by atoms with Crippen molar-refractivity contribution in [2.75, 3.05) is 19.6 Å². The summed E-state index contributed by atoms with van der Waals surface area (Å²) in [6, 6.07) is 3.95. The minimum absolute atomic E-state index is 0.00435. The van der Waals surface area contributed by atoms with Crippen LogP contribution in [0.5, 0.6) is 0 Å². The highest BCUT2D eigenvalue weighted by Gasteiger charge is 2.32. The predicted octanol–water partition coefficient (Wildman–Crippen LogP) is -0.140. The van der Waals surface area contributed by atoms with E-state index in [9.17, 15) is 4.79 Å². The monoisotopic (exact) mass is 206 g/mol. The molecule has 1 rings (SSSR count). The molecule has 15 heavy (non-hydrogen) atoms. The predicted molar refractivity (Wildman–Crippen MR) is 53.4 cm³/mol. The van der Waals surface area contributed by atoms with Crippen LogP contribution in [-0.4, -0.2) is 36.5 Å². The molecule has 0 aromatic rings. The van der Waals surface area contributed by atoms with E-state index in [1.54, 1.807) is 0 Å². The van der Waals surface area contributed by atoms with Crippen LogP contribution in [-0.2, 0) is 4.79 Å². The Hall–Kier alpha value is -1.59. The fourth-order valence-electron chi connectivity index (χ4n) is 1.81. The van der Waals surface area contributed by atoms with Crippen LogP contribution in [0.2, 0.25) is 0 Å². The van der Waals surface area contributed by atoms with Crippen LogP contribution in [0.1, 0.15) is 13.3 Å². The van der Waals surface area contributed by atoms with Crippen molar-refractivity contribution in [1.29, 1.82) is 10.5 Å². The maximum Gasteiger partial charge on any atom is 0.229 e. The van der Waals surface area contributed by atoms with Crippen molar-refractivity contribution in [3.63, 3.8) is 0 Å². The first-order valence-electron chi connectivity index (χ1n) is 4.96. The molecule has 0 aromatic carbocycles. The molecular formula is C10H14N4O. The summed E-state index contributed by atoms with van der Waals surface area (Å²) in [6.45, 7) is 2.77. The molecular weight excluding hydrogens is 192 g/mol. The summed E-state index contributed by atoms with van der Waals surface area (Å²) in [4.78, 5) is 13.2. The third kappa shape index (κ3) is 2.68. The standard InChI is InChI=1S/C10H14N4O/c1-8-9(2-5-13-8)10(15)14(6-3-11)7-4-12/h8-9,13H,2,5-7H2,1H3. The van der Waals surface area contributed by atoms with Crippen molar-refractivity contribution in [2.45, 2.75) is 19.4 Å². The Bertz CT molecular complexity index is 298. The van der Waals surface area contributed by atoms with Crippen LogP contribution in [0.15, 0.2) is 0 Å². The van der Waals surface area contributed by atoms with Crippen molar-refractivity contribution in [1.82, 2.24) is 10.2 Å². The van der Waals surface area contributed by atoms with Crippen LogP contribution in [0.3, 0.4) is 0 Å². The van der Waals surface area contributed by atoms with Gasteiger partial charge in [-0.25, -0.2) is 0 Å². The van der Waals surface area contributed by atoms with Crippen LogP contribution < -0.4 is 5.32 Å². The normalized spacial score (nSPS) is 24.2. The van der Waals surface area contributed by atoms with Gasteiger partial charge in [0.15, 0.2) is 0 Å². The summed E-state index contributed by atoms with van der Waals surface area (Å²) in [5, 5.41) is 20.3. The summed E-state index contributed by atoms with van der Waals surface area (Å²) >= 11 is 0. The Morgan fingerprint density at radius 2 is 2.07 bits per heavy atom. The second kappa shape index (κ2) is 5.33. The van der Waals surface area contributed by atoms with Crippen molar-refractivity contribution >= 4 is 5.91 Å². The van der Waals surface area contributed by atoms with E-state index < -0.39 is 0 Å². The average molecular weight is 206 g/mol. The quantitative estimate of drug-likeness (QED) is 0.652. The van der Waals surface area contributed by atoms with E-state index in [1.807, 2.05) is 19.1 Å². The molecule has 1 aliphatic rings. The van der Waals surface area contributed by atoms with Gasteiger partial charge < -0.3 is 10.2 Å². The average Bonchev–Trinajstić information content (AvgIpc) is 2.63. The van der Waals surface area contributed by atoms with Crippen LogP contribution in [0, 0.1) is 28.6 Å². The minimum atomic E-state index is -0.0910. The molecule has 1 N–H and O–H groups in total. The van der Waals surface area contributed by atoms with E-state index in [4.69, 9.17) is 10.5 Å². The van der Waals surface area contributed by atoms with Gasteiger partial charge in [-0.15, -0.1) is 0 Å². The van der Waals surface area contributed by atoms with Gasteiger partial charge in [0.25, 0.3) is 0 Å². The highest BCUT2D eigenvalue weighted by molar-refractivity contribution is 5.80. The third-order valence-corrected chi connectivity index (χ3v) is 2.68. The summed E-state index contributed by atoms with van der Waals surface area (Å²) in [7, 11) is 0. The van der Waals surface area contributed by atoms with Gasteiger partial charge >= 0.3 is 0 Å². The molecule has 5 nitrogen and oxygen atoms in total. The molecule has 2 unspecified atom stereocenters. The van der Waals surface area contributed by atoms with Gasteiger partial charge in [-0.3, -0.25) is 4.79 Å². The van der Waals surface area contributed by atoms with Crippen molar-refractivity contribution < 1.29 is 4.79 Å². The molecule has 0 spiro atoms. The van der Waals surface area contributed by atoms with Gasteiger partial charge in [-0.05, 0) is 19.9 Å². The number of nitrogens with zero attached hydrogens (tertiary/aromatic N) is 3. The van der Waals surface area contributed by atoms with Crippen molar-refractivity contribution in [2.24, 2.45) is 5.92 Å². The number of carbonyl (C=O) groups excluding carboxylic acids is 1. The Morgan fingerprint density at radius 1 is 1.47 bits per heavy atom. The molecule has 1 amide bonds. The molecule has 1 fully saturated rings. The van der Waals surface area contributed by atoms with Crippen molar-refractivity contribution in [3.8, 4) is 12.1 Å². The Labute approximate surface area is 89.3 Å². The van der Waals surface area contributed by atoms with Gasteiger partial charge in [0, 0.05) is 6.04 Å². The lowest BCUT2D eigenvalue weighted by atomic mass is 10.0. The van der Waals surface area contributed by atoms with Crippen molar-refractivity contribution in [3.05, 3.63) is 0 Å². The first-order valence-corrected chi connectivity index (χ1v) is 4.96. The smallest absolute Gasteiger partial charge is 0.229 e. The molecule has 2 atom stereocenters. The first kappa shape index (κ1) is 11.5. The number of amides is 1. The molecule has 5 heteroatoms. The zero-order valence-electron chi connectivity index (χ0n) is 8.73. The highest BCUT2D eigenvalue weighted by Crippen LogP contribution is 2.17. The third-order valence-electron chi connectivity index (χ3n) is 2.68. The first-order chi connectivity index (χ1) is 7.20. The van der Waals surface area contributed by atoms with E-state index >= 15 is 0 Å². The number of hydrogen-bond donors (Lipinski definition) is 1. The molecule has 0 aliphatic carbocycles. The van der Waals surface area contributed by atoms with E-state index in [-0.39, 0.29) is 31.0 Å². The lowest BCUT2D eigenvalue weighted by Gasteiger charge is -2.22. The van der Waals surface area contributed by atoms with Crippen LogP contribution in [0.25, 0.3) is 0 Å². The molecule has 0 bridgehead atoms. The molecule has 80 valence electrons. The van der Waals surface area contributed by atoms with E-state index in [2.05, 4.69) is 5.32 Å². The summed E-state index contributed by atoms with van der Waals surface area (Å²) in [6.07, 6.45) is 0.785. The largest absolute Gasteiger partial charge is 0.316 e. The second-order valence-corrected chi connectivity index (χ2v) is 3.65. The number of rotatable bonds is 3. The van der Waals surface area contributed by atoms with Gasteiger partial charge in [0.2, 0.25) is 5.91 Å². The fraction of sp³-hybridized carbons (Fsp3) is 0.700. The summed E-state index contributed by atoms with van der Waals surface area (Å²) in [5.74, 6) is -0.178. The van der Waals surface area contributed by atoms with E-state index in [0.29, 0.717) is 0 Å². The lowest BCUT2D eigenvalue weighted by Crippen LogP contribution is -2.40. The number of nitriles is 2. The highest BCUT2D eigenvalue weighted by atomic mass is 16.2. The SMILES string of the molecule is CC1NCCC1C(=O)N(CC#N)CC#N. The molecule has 0 aromatic heterocycles. The van der Waals surface area contributed by atoms with Gasteiger partial charge in [-0.2, -0.15) is 10.5 Å². The Kier molecular flexibility index (Phi) is 4.08. The Balaban J connectivity index is 2.64. The van der Waals surface area contributed by atoms with Gasteiger partial charge in [0.1, 0.15) is 13.1 Å². The molecule has 0 saturated carbocycles. The summed E-state index contributed by atoms with van der Waals surface area (Å²) < 4.78 is 0. The Morgan fingerprint density at radius 3 is 2.47 bits per heavy atom. The zero-order chi connectivity index (χ0) is 11.3. The lowest BCUT2D eigenvalue weighted by molar-refractivity contribution is -0.134. The second-order valence-electron chi connectivity index (χ2n) is 3.65. The van der Waals surface area contributed by atoms with Gasteiger partial charge in [-0.1, -0.05) is 0 Å². The molecule has 1 saturated heterocycles. The number of carbonyl (C=O) groups is 1. The van der Waals surface area contributed by atoms with E-state index in [0.717, 1.165) is 13.0 Å². The fourth-order valence-corrected chi connectivity index (χ4v) is 1.81. The van der Waals surface area contributed by atoms with Crippen LogP contribution >= 0.6 is 0 Å².